The molecule has 1 aliphatic rings. The van der Waals surface area contributed by atoms with E-state index in [1.165, 1.54) is 6.42 Å². The van der Waals surface area contributed by atoms with Crippen LogP contribution in [0.4, 0.5) is 0 Å². The molecule has 0 heterocycles. The summed E-state index contributed by atoms with van der Waals surface area (Å²) in [6.45, 7) is 7.07. The molecule has 1 aliphatic carbocycles. The lowest BCUT2D eigenvalue weighted by molar-refractivity contribution is -0.131. The van der Waals surface area contributed by atoms with Crippen molar-refractivity contribution < 1.29 is 17.9 Å². The van der Waals surface area contributed by atoms with Crippen molar-refractivity contribution in [2.45, 2.75) is 51.9 Å². The van der Waals surface area contributed by atoms with Crippen LogP contribution in [0.3, 0.4) is 0 Å². The van der Waals surface area contributed by atoms with Crippen LogP contribution >= 0.6 is 0 Å². The van der Waals surface area contributed by atoms with Gasteiger partial charge in [-0.1, -0.05) is 57.5 Å². The first-order valence-electron chi connectivity index (χ1n) is 10.2. The van der Waals surface area contributed by atoms with E-state index >= 15 is 0 Å². The highest BCUT2D eigenvalue weighted by atomic mass is 32.2. The summed E-state index contributed by atoms with van der Waals surface area (Å²) in [6, 6.07) is 9.01. The van der Waals surface area contributed by atoms with E-state index in [1.807, 2.05) is 18.2 Å². The van der Waals surface area contributed by atoms with Gasteiger partial charge in [0.25, 0.3) is 0 Å². The molecule has 3 atom stereocenters. The molecule has 1 saturated carbocycles. The summed E-state index contributed by atoms with van der Waals surface area (Å²) >= 11 is 0. The Bertz CT molecular complexity index is 706. The normalized spacial score (nSPS) is 22.9. The van der Waals surface area contributed by atoms with Crippen LogP contribution in [-0.2, 0) is 25.3 Å². The smallest absolute Gasteiger partial charge is 0.246 e. The number of hydrogen-bond donors (Lipinski definition) is 2. The van der Waals surface area contributed by atoms with Crippen molar-refractivity contribution in [3.05, 3.63) is 35.9 Å². The number of ether oxygens (including phenoxy) is 1. The standard InChI is InChI=1S/C21H34N2O4S/c1-16(2)19-10-9-17(3)13-20(19)27-14-21(24)22-11-12-23-28(25,26)15-18-7-5-4-6-8-18/h4-8,16-17,19-20,23H,9-15H2,1-3H3,(H,22,24)/t17-,19+,20+/m1/s1. The van der Waals surface area contributed by atoms with Crippen LogP contribution in [0.1, 0.15) is 45.6 Å². The zero-order valence-corrected chi connectivity index (χ0v) is 18.0. The third kappa shape index (κ3) is 7.89. The molecule has 0 radical (unpaired) electrons. The van der Waals surface area contributed by atoms with Crippen LogP contribution in [0, 0.1) is 17.8 Å². The molecule has 158 valence electrons. The number of benzene rings is 1. The average Bonchev–Trinajstić information content (AvgIpc) is 2.64. The lowest BCUT2D eigenvalue weighted by Crippen LogP contribution is -2.39. The molecule has 0 saturated heterocycles. The van der Waals surface area contributed by atoms with Crippen molar-refractivity contribution in [2.24, 2.45) is 17.8 Å². The van der Waals surface area contributed by atoms with Crippen molar-refractivity contribution in [3.63, 3.8) is 0 Å². The van der Waals surface area contributed by atoms with Gasteiger partial charge >= 0.3 is 0 Å². The topological polar surface area (TPSA) is 84.5 Å². The Labute approximate surface area is 169 Å². The van der Waals surface area contributed by atoms with Crippen LogP contribution in [0.2, 0.25) is 0 Å². The minimum Gasteiger partial charge on any atom is -0.368 e. The van der Waals surface area contributed by atoms with E-state index in [9.17, 15) is 13.2 Å². The second-order valence-electron chi connectivity index (χ2n) is 8.16. The molecule has 0 spiro atoms. The van der Waals surface area contributed by atoms with E-state index in [-0.39, 0.29) is 37.5 Å². The van der Waals surface area contributed by atoms with Crippen molar-refractivity contribution in [3.8, 4) is 0 Å². The third-order valence-electron chi connectivity index (χ3n) is 5.36. The fourth-order valence-corrected chi connectivity index (χ4v) is 4.94. The molecule has 1 aromatic rings. The summed E-state index contributed by atoms with van der Waals surface area (Å²) in [4.78, 5) is 12.0. The SMILES string of the molecule is CC(C)[C@@H]1CC[C@@H](C)C[C@@H]1OCC(=O)NCCNS(=O)(=O)Cc1ccccc1. The Morgan fingerprint density at radius 2 is 1.89 bits per heavy atom. The number of carbonyl (C=O) groups excluding carboxylic acids is 1. The fourth-order valence-electron chi connectivity index (χ4n) is 3.79. The molecule has 1 aromatic carbocycles. The van der Waals surface area contributed by atoms with Gasteiger partial charge in [-0.2, -0.15) is 0 Å². The van der Waals surface area contributed by atoms with Crippen LogP contribution in [0.25, 0.3) is 0 Å². The highest BCUT2D eigenvalue weighted by Gasteiger charge is 2.31. The minimum absolute atomic E-state index is 0.0252. The van der Waals surface area contributed by atoms with E-state index < -0.39 is 10.0 Å². The number of amides is 1. The molecule has 0 aromatic heterocycles. The van der Waals surface area contributed by atoms with Gasteiger partial charge in [-0.15, -0.1) is 0 Å². The first-order chi connectivity index (χ1) is 13.3. The summed E-state index contributed by atoms with van der Waals surface area (Å²) < 4.78 is 32.5. The van der Waals surface area contributed by atoms with E-state index in [4.69, 9.17) is 4.74 Å². The number of rotatable bonds is 10. The maximum absolute atomic E-state index is 12.1. The predicted octanol–water partition coefficient (Wildman–Crippen LogP) is 2.70. The van der Waals surface area contributed by atoms with E-state index in [0.29, 0.717) is 17.8 Å². The predicted molar refractivity (Wildman–Crippen MR) is 111 cm³/mol. The summed E-state index contributed by atoms with van der Waals surface area (Å²) in [7, 11) is -3.42. The lowest BCUT2D eigenvalue weighted by atomic mass is 9.75. The van der Waals surface area contributed by atoms with Crippen LogP contribution < -0.4 is 10.0 Å². The Balaban J connectivity index is 1.67. The highest BCUT2D eigenvalue weighted by Crippen LogP contribution is 2.35. The van der Waals surface area contributed by atoms with Gasteiger partial charge in [-0.05, 0) is 36.2 Å². The first kappa shape index (κ1) is 22.8. The van der Waals surface area contributed by atoms with Crippen LogP contribution in [-0.4, -0.2) is 40.1 Å². The van der Waals surface area contributed by atoms with Crippen molar-refractivity contribution in [1.29, 1.82) is 0 Å². The second-order valence-corrected chi connectivity index (χ2v) is 9.97. The van der Waals surface area contributed by atoms with E-state index in [1.54, 1.807) is 12.1 Å². The zero-order valence-electron chi connectivity index (χ0n) is 17.2. The molecule has 0 aliphatic heterocycles. The number of nitrogens with one attached hydrogen (secondary N) is 2. The third-order valence-corrected chi connectivity index (χ3v) is 6.72. The Kier molecular flexibility index (Phi) is 8.92. The van der Waals surface area contributed by atoms with Gasteiger partial charge in [0.2, 0.25) is 15.9 Å². The van der Waals surface area contributed by atoms with Gasteiger partial charge in [-0.25, -0.2) is 13.1 Å². The largest absolute Gasteiger partial charge is 0.368 e. The van der Waals surface area contributed by atoms with Crippen LogP contribution in [0.5, 0.6) is 0 Å². The number of hydrogen-bond acceptors (Lipinski definition) is 4. The molecule has 28 heavy (non-hydrogen) atoms. The summed E-state index contributed by atoms with van der Waals surface area (Å²) in [5.41, 5.74) is 0.730. The van der Waals surface area contributed by atoms with E-state index in [2.05, 4.69) is 30.8 Å². The van der Waals surface area contributed by atoms with Gasteiger partial charge in [-0.3, -0.25) is 4.79 Å². The van der Waals surface area contributed by atoms with Gasteiger partial charge < -0.3 is 10.1 Å². The van der Waals surface area contributed by atoms with Crippen LogP contribution in [0.15, 0.2) is 30.3 Å². The summed E-state index contributed by atoms with van der Waals surface area (Å²) in [5.74, 6) is 1.39. The summed E-state index contributed by atoms with van der Waals surface area (Å²) in [6.07, 6.45) is 3.49. The zero-order chi connectivity index (χ0) is 20.6. The van der Waals surface area contributed by atoms with Gasteiger partial charge in [0.15, 0.2) is 0 Å². The quantitative estimate of drug-likeness (QED) is 0.581. The van der Waals surface area contributed by atoms with Crippen molar-refractivity contribution in [2.75, 3.05) is 19.7 Å². The second kappa shape index (κ2) is 10.9. The fraction of sp³-hybridized carbons (Fsp3) is 0.667. The van der Waals surface area contributed by atoms with Gasteiger partial charge in [0, 0.05) is 13.1 Å². The molecule has 6 nitrogen and oxygen atoms in total. The first-order valence-corrected chi connectivity index (χ1v) is 11.8. The molecular weight excluding hydrogens is 376 g/mol. The lowest BCUT2D eigenvalue weighted by Gasteiger charge is -2.37. The molecule has 0 unspecified atom stereocenters. The monoisotopic (exact) mass is 410 g/mol. The Morgan fingerprint density at radius 1 is 1.18 bits per heavy atom. The van der Waals surface area contributed by atoms with Gasteiger partial charge in [0.1, 0.15) is 6.61 Å². The van der Waals surface area contributed by atoms with Gasteiger partial charge in [0.05, 0.1) is 11.9 Å². The molecule has 2 N–H and O–H groups in total. The molecular formula is C21H34N2O4S. The van der Waals surface area contributed by atoms with Crippen molar-refractivity contribution in [1.82, 2.24) is 10.0 Å². The molecule has 7 heteroatoms. The molecule has 2 rings (SSSR count). The highest BCUT2D eigenvalue weighted by molar-refractivity contribution is 7.88. The average molecular weight is 411 g/mol. The molecule has 1 amide bonds. The maximum Gasteiger partial charge on any atom is 0.246 e. The maximum atomic E-state index is 12.1. The minimum atomic E-state index is -3.42. The molecule has 0 bridgehead atoms. The number of carbonyl (C=O) groups is 1. The van der Waals surface area contributed by atoms with Crippen molar-refractivity contribution >= 4 is 15.9 Å². The van der Waals surface area contributed by atoms with E-state index in [0.717, 1.165) is 18.4 Å². The summed E-state index contributed by atoms with van der Waals surface area (Å²) in [5, 5.41) is 2.72. The Morgan fingerprint density at radius 3 is 2.57 bits per heavy atom. The Hall–Kier alpha value is -1.44. The number of sulfonamides is 1. The molecule has 1 fully saturated rings.